The number of carbonyl (C=O) groups is 1. The minimum Gasteiger partial charge on any atom is -0.508 e. The van der Waals surface area contributed by atoms with Crippen molar-refractivity contribution >= 4 is 5.91 Å². The van der Waals surface area contributed by atoms with Gasteiger partial charge in [-0.15, -0.1) is 0 Å². The molecular weight excluding hydrogens is 418 g/mol. The van der Waals surface area contributed by atoms with Gasteiger partial charge in [0, 0.05) is 34.4 Å². The Balaban J connectivity index is 1.63. The first kappa shape index (κ1) is 19.4. The molecule has 4 aromatic rings. The van der Waals surface area contributed by atoms with Gasteiger partial charge in [0.2, 0.25) is 0 Å². The maximum Gasteiger partial charge on any atom is 0.279 e. The van der Waals surface area contributed by atoms with Crippen LogP contribution in [0.15, 0.2) is 91.0 Å². The third-order valence-electron chi connectivity index (χ3n) is 6.17. The predicted octanol–water partition coefficient (Wildman–Crippen LogP) is 5.08. The Morgan fingerprint density at radius 2 is 1.36 bits per heavy atom. The van der Waals surface area contributed by atoms with Crippen LogP contribution in [-0.2, 0) is 17.0 Å². The van der Waals surface area contributed by atoms with Crippen LogP contribution in [0.3, 0.4) is 0 Å². The van der Waals surface area contributed by atoms with Crippen LogP contribution in [0.2, 0.25) is 0 Å². The van der Waals surface area contributed by atoms with Gasteiger partial charge in [0.25, 0.3) is 5.91 Å². The Morgan fingerprint density at radius 1 is 0.758 bits per heavy atom. The van der Waals surface area contributed by atoms with Gasteiger partial charge in [0.1, 0.15) is 29.6 Å². The van der Waals surface area contributed by atoms with Crippen molar-refractivity contribution in [2.75, 3.05) is 0 Å². The van der Waals surface area contributed by atoms with Gasteiger partial charge in [-0.1, -0.05) is 48.5 Å². The molecule has 0 fully saturated rings. The topological polar surface area (TPSA) is 79.2 Å². The molecule has 162 valence electrons. The Bertz CT molecular complexity index is 1350. The number of phenols is 2. The summed E-state index contributed by atoms with van der Waals surface area (Å²) in [6.45, 7) is 0.185. The number of hydrogen-bond acceptors (Lipinski definition) is 5. The van der Waals surface area contributed by atoms with E-state index in [4.69, 9.17) is 9.57 Å². The number of carbonyl (C=O) groups excluding carboxylic acids is 1. The summed E-state index contributed by atoms with van der Waals surface area (Å²) in [5.41, 5.74) is 2.33. The van der Waals surface area contributed by atoms with Crippen LogP contribution in [-0.4, -0.2) is 21.2 Å². The minimum atomic E-state index is -1.16. The smallest absolute Gasteiger partial charge is 0.279 e. The van der Waals surface area contributed by atoms with Crippen LogP contribution >= 0.6 is 0 Å². The van der Waals surface area contributed by atoms with Crippen LogP contribution in [0, 0.1) is 0 Å². The van der Waals surface area contributed by atoms with E-state index in [1.807, 2.05) is 48.5 Å². The largest absolute Gasteiger partial charge is 0.508 e. The molecule has 2 aliphatic rings. The number of fused-ring (bicyclic) bond motifs is 6. The summed E-state index contributed by atoms with van der Waals surface area (Å²) in [6, 6.07) is 26.6. The van der Waals surface area contributed by atoms with E-state index in [-0.39, 0.29) is 24.0 Å². The lowest BCUT2D eigenvalue weighted by molar-refractivity contribution is -0.170. The standard InChI is InChI=1S/C27H19NO5/c29-18-10-12-22-24(14-18)33-25-15-19(30)11-13-23(25)27(22)21-9-5-4-8-20(21)26(31)28(27)32-16-17-6-2-1-3-7-17/h1-15,29-30H,16H2. The molecule has 2 aliphatic heterocycles. The first-order valence-corrected chi connectivity index (χ1v) is 10.5. The molecule has 2 heterocycles. The summed E-state index contributed by atoms with van der Waals surface area (Å²) < 4.78 is 6.07. The van der Waals surface area contributed by atoms with Crippen LogP contribution in [0.4, 0.5) is 0 Å². The van der Waals surface area contributed by atoms with Gasteiger partial charge in [0.15, 0.2) is 5.54 Å². The van der Waals surface area contributed by atoms with Crippen molar-refractivity contribution in [3.8, 4) is 23.0 Å². The first-order chi connectivity index (χ1) is 16.1. The van der Waals surface area contributed by atoms with Gasteiger partial charge < -0.3 is 14.9 Å². The van der Waals surface area contributed by atoms with Crippen LogP contribution in [0.25, 0.3) is 0 Å². The van der Waals surface area contributed by atoms with Crippen molar-refractivity contribution < 1.29 is 24.6 Å². The van der Waals surface area contributed by atoms with E-state index in [1.165, 1.54) is 17.2 Å². The predicted molar refractivity (Wildman–Crippen MR) is 120 cm³/mol. The van der Waals surface area contributed by atoms with E-state index in [9.17, 15) is 15.0 Å². The highest BCUT2D eigenvalue weighted by Gasteiger charge is 2.57. The molecule has 0 unspecified atom stereocenters. The van der Waals surface area contributed by atoms with E-state index >= 15 is 0 Å². The third-order valence-corrected chi connectivity index (χ3v) is 6.17. The molecule has 1 spiro atoms. The quantitative estimate of drug-likeness (QED) is 0.467. The lowest BCUT2D eigenvalue weighted by atomic mass is 9.75. The zero-order valence-corrected chi connectivity index (χ0v) is 17.4. The van der Waals surface area contributed by atoms with Crippen LogP contribution in [0.1, 0.15) is 32.6 Å². The Kier molecular flexibility index (Phi) is 4.18. The van der Waals surface area contributed by atoms with Gasteiger partial charge in [-0.05, 0) is 35.9 Å². The fourth-order valence-electron chi connectivity index (χ4n) is 4.79. The SMILES string of the molecule is O=C1c2ccccc2C2(c3ccc(O)cc3Oc3cc(O)ccc32)N1OCc1ccccc1. The molecule has 6 nitrogen and oxygen atoms in total. The molecule has 33 heavy (non-hydrogen) atoms. The second-order valence-corrected chi connectivity index (χ2v) is 8.08. The summed E-state index contributed by atoms with van der Waals surface area (Å²) >= 11 is 0. The van der Waals surface area contributed by atoms with Crippen LogP contribution < -0.4 is 4.74 Å². The Labute approximate surface area is 189 Å². The number of hydrogen-bond donors (Lipinski definition) is 2. The highest BCUT2D eigenvalue weighted by atomic mass is 16.7. The van der Waals surface area contributed by atoms with Gasteiger partial charge >= 0.3 is 0 Å². The molecule has 0 radical (unpaired) electrons. The van der Waals surface area contributed by atoms with Crippen molar-refractivity contribution in [3.63, 3.8) is 0 Å². The molecule has 6 heteroatoms. The summed E-state index contributed by atoms with van der Waals surface area (Å²) in [4.78, 5) is 20.0. The van der Waals surface area contributed by atoms with Crippen molar-refractivity contribution in [1.82, 2.24) is 5.06 Å². The number of nitrogens with zero attached hydrogens (tertiary/aromatic N) is 1. The molecular formula is C27H19NO5. The Morgan fingerprint density at radius 3 is 2.03 bits per heavy atom. The number of amides is 1. The van der Waals surface area contributed by atoms with Gasteiger partial charge in [-0.2, -0.15) is 5.06 Å². The van der Waals surface area contributed by atoms with Crippen molar-refractivity contribution in [1.29, 1.82) is 0 Å². The highest BCUT2D eigenvalue weighted by molar-refractivity contribution is 6.01. The molecule has 2 N–H and O–H groups in total. The fourth-order valence-corrected chi connectivity index (χ4v) is 4.79. The number of hydroxylamine groups is 2. The monoisotopic (exact) mass is 437 g/mol. The van der Waals surface area contributed by atoms with E-state index in [1.54, 1.807) is 30.3 Å². The van der Waals surface area contributed by atoms with Crippen molar-refractivity contribution in [2.45, 2.75) is 12.1 Å². The zero-order valence-electron chi connectivity index (χ0n) is 17.4. The lowest BCUT2D eigenvalue weighted by Gasteiger charge is -2.42. The summed E-state index contributed by atoms with van der Waals surface area (Å²) in [5.74, 6) is 0.544. The van der Waals surface area contributed by atoms with Gasteiger partial charge in [-0.3, -0.25) is 9.63 Å². The maximum atomic E-state index is 13.7. The molecule has 1 amide bonds. The number of aromatic hydroxyl groups is 2. The van der Waals surface area contributed by atoms with Crippen molar-refractivity contribution in [3.05, 3.63) is 119 Å². The average Bonchev–Trinajstić information content (AvgIpc) is 3.07. The Hall–Kier alpha value is -4.29. The minimum absolute atomic E-state index is 0.0295. The van der Waals surface area contributed by atoms with E-state index < -0.39 is 5.54 Å². The molecule has 0 saturated carbocycles. The van der Waals surface area contributed by atoms with Gasteiger partial charge in [0.05, 0.1) is 0 Å². The second kappa shape index (κ2) is 7.12. The number of ether oxygens (including phenoxy) is 1. The number of phenolic OH excluding ortho intramolecular Hbond substituents is 2. The number of rotatable bonds is 3. The molecule has 6 rings (SSSR count). The summed E-state index contributed by atoms with van der Waals surface area (Å²) in [7, 11) is 0. The van der Waals surface area contributed by atoms with E-state index in [0.29, 0.717) is 28.2 Å². The van der Waals surface area contributed by atoms with E-state index in [0.717, 1.165) is 11.1 Å². The highest BCUT2D eigenvalue weighted by Crippen LogP contribution is 2.58. The molecule has 0 aromatic heterocycles. The number of benzene rings is 4. The van der Waals surface area contributed by atoms with Crippen molar-refractivity contribution in [2.24, 2.45) is 0 Å². The molecule has 0 saturated heterocycles. The lowest BCUT2D eigenvalue weighted by Crippen LogP contribution is -2.47. The summed E-state index contributed by atoms with van der Waals surface area (Å²) in [5, 5.41) is 21.7. The zero-order chi connectivity index (χ0) is 22.6. The van der Waals surface area contributed by atoms with E-state index in [2.05, 4.69) is 0 Å². The summed E-state index contributed by atoms with van der Waals surface area (Å²) in [6.07, 6.45) is 0. The molecule has 0 bridgehead atoms. The average molecular weight is 437 g/mol. The fraction of sp³-hybridized carbons (Fsp3) is 0.0741. The molecule has 0 atom stereocenters. The molecule has 0 aliphatic carbocycles. The first-order valence-electron chi connectivity index (χ1n) is 10.5. The van der Waals surface area contributed by atoms with Gasteiger partial charge in [-0.25, -0.2) is 0 Å². The second-order valence-electron chi connectivity index (χ2n) is 8.08. The maximum absolute atomic E-state index is 13.7. The molecule has 4 aromatic carbocycles. The normalized spacial score (nSPS) is 15.0. The van der Waals surface area contributed by atoms with Crippen LogP contribution in [0.5, 0.6) is 23.0 Å². The third kappa shape index (κ3) is 2.74.